The van der Waals surface area contributed by atoms with E-state index in [1.807, 2.05) is 18.2 Å². The van der Waals surface area contributed by atoms with Gasteiger partial charge in [-0.2, -0.15) is 0 Å². The summed E-state index contributed by atoms with van der Waals surface area (Å²) in [5.74, 6) is 1.73. The molecular weight excluding hydrogens is 402 g/mol. The molecule has 0 spiro atoms. The standard InChI is InChI=1S/C15H13Br2NO3/c16-10-1-2-13(19)9(5-10)8-18-12-7-15-14(6-11(12)17)20-3-4-21-15/h1-2,5-7,18-19H,3-4,8H2. The topological polar surface area (TPSA) is 50.7 Å². The molecule has 2 N–H and O–H groups in total. The Balaban J connectivity index is 1.80. The summed E-state index contributed by atoms with van der Waals surface area (Å²) in [6, 6.07) is 9.14. The number of nitrogens with one attached hydrogen (secondary N) is 1. The van der Waals surface area contributed by atoms with Crippen molar-refractivity contribution < 1.29 is 14.6 Å². The number of halogens is 2. The Morgan fingerprint density at radius 2 is 1.76 bits per heavy atom. The van der Waals surface area contributed by atoms with E-state index in [9.17, 15) is 5.11 Å². The minimum Gasteiger partial charge on any atom is -0.508 e. The molecule has 0 amide bonds. The van der Waals surface area contributed by atoms with Gasteiger partial charge in [0.2, 0.25) is 0 Å². The Kier molecular flexibility index (Phi) is 4.26. The molecule has 21 heavy (non-hydrogen) atoms. The van der Waals surface area contributed by atoms with Crippen molar-refractivity contribution in [3.8, 4) is 17.2 Å². The molecule has 0 saturated heterocycles. The molecule has 0 atom stereocenters. The number of hydrogen-bond acceptors (Lipinski definition) is 4. The van der Waals surface area contributed by atoms with Crippen molar-refractivity contribution in [2.75, 3.05) is 18.5 Å². The Morgan fingerprint density at radius 3 is 2.52 bits per heavy atom. The van der Waals surface area contributed by atoms with E-state index in [0.717, 1.165) is 31.7 Å². The number of phenolic OH excluding ortho intramolecular Hbond substituents is 1. The third-order valence-corrected chi connectivity index (χ3v) is 4.29. The van der Waals surface area contributed by atoms with E-state index in [0.29, 0.717) is 19.8 Å². The smallest absolute Gasteiger partial charge is 0.163 e. The second kappa shape index (κ2) is 6.15. The highest BCUT2D eigenvalue weighted by Gasteiger charge is 2.15. The third kappa shape index (κ3) is 3.27. The number of rotatable bonds is 3. The molecule has 0 saturated carbocycles. The first-order valence-electron chi connectivity index (χ1n) is 6.44. The molecule has 4 nitrogen and oxygen atoms in total. The lowest BCUT2D eigenvalue weighted by atomic mass is 10.2. The van der Waals surface area contributed by atoms with Gasteiger partial charge in [0.1, 0.15) is 19.0 Å². The van der Waals surface area contributed by atoms with E-state index >= 15 is 0 Å². The van der Waals surface area contributed by atoms with Crippen LogP contribution in [0.4, 0.5) is 5.69 Å². The fourth-order valence-electron chi connectivity index (χ4n) is 2.09. The summed E-state index contributed by atoms with van der Waals surface area (Å²) >= 11 is 6.91. The fraction of sp³-hybridized carbons (Fsp3) is 0.200. The van der Waals surface area contributed by atoms with Gasteiger partial charge in [0.05, 0.1) is 5.69 Å². The lowest BCUT2D eigenvalue weighted by molar-refractivity contribution is 0.171. The van der Waals surface area contributed by atoms with Gasteiger partial charge in [-0.05, 0) is 34.1 Å². The maximum Gasteiger partial charge on any atom is 0.163 e. The van der Waals surface area contributed by atoms with E-state index in [1.54, 1.807) is 12.1 Å². The SMILES string of the molecule is Oc1ccc(Br)cc1CNc1cc2c(cc1Br)OCCO2. The van der Waals surface area contributed by atoms with Gasteiger partial charge < -0.3 is 19.9 Å². The molecule has 6 heteroatoms. The second-order valence-electron chi connectivity index (χ2n) is 4.60. The number of phenols is 1. The molecule has 0 radical (unpaired) electrons. The number of ether oxygens (including phenoxy) is 2. The highest BCUT2D eigenvalue weighted by molar-refractivity contribution is 9.10. The molecule has 1 aliphatic rings. The van der Waals surface area contributed by atoms with Gasteiger partial charge in [0.25, 0.3) is 0 Å². The lowest BCUT2D eigenvalue weighted by Crippen LogP contribution is -2.15. The van der Waals surface area contributed by atoms with E-state index in [2.05, 4.69) is 37.2 Å². The van der Waals surface area contributed by atoms with E-state index < -0.39 is 0 Å². The quantitative estimate of drug-likeness (QED) is 0.786. The summed E-state index contributed by atoms with van der Waals surface area (Å²) in [6.45, 7) is 1.63. The lowest BCUT2D eigenvalue weighted by Gasteiger charge is -2.20. The van der Waals surface area contributed by atoms with Crippen LogP contribution in [-0.2, 0) is 6.54 Å². The molecule has 0 fully saturated rings. The van der Waals surface area contributed by atoms with Crippen LogP contribution in [0.1, 0.15) is 5.56 Å². The zero-order chi connectivity index (χ0) is 14.8. The number of aromatic hydroxyl groups is 1. The van der Waals surface area contributed by atoms with Crippen molar-refractivity contribution in [3.05, 3.63) is 44.8 Å². The summed E-state index contributed by atoms with van der Waals surface area (Å²) in [6.07, 6.45) is 0. The first kappa shape index (κ1) is 14.5. The van der Waals surface area contributed by atoms with E-state index in [-0.39, 0.29) is 5.75 Å². The summed E-state index contributed by atoms with van der Waals surface area (Å²) in [4.78, 5) is 0. The Labute approximate surface area is 139 Å². The van der Waals surface area contributed by atoms with Crippen molar-refractivity contribution in [2.24, 2.45) is 0 Å². The minimum atomic E-state index is 0.263. The van der Waals surface area contributed by atoms with Crippen molar-refractivity contribution in [2.45, 2.75) is 6.54 Å². The van der Waals surface area contributed by atoms with Crippen LogP contribution in [0.15, 0.2) is 39.3 Å². The van der Waals surface area contributed by atoms with Crippen LogP contribution in [0.5, 0.6) is 17.2 Å². The number of anilines is 1. The van der Waals surface area contributed by atoms with Gasteiger partial charge in [-0.15, -0.1) is 0 Å². The van der Waals surface area contributed by atoms with Crippen LogP contribution >= 0.6 is 31.9 Å². The highest BCUT2D eigenvalue weighted by Crippen LogP contribution is 2.38. The maximum absolute atomic E-state index is 9.86. The molecule has 1 heterocycles. The number of fused-ring (bicyclic) bond motifs is 1. The monoisotopic (exact) mass is 413 g/mol. The van der Waals surface area contributed by atoms with Crippen molar-refractivity contribution in [1.82, 2.24) is 0 Å². The van der Waals surface area contributed by atoms with Gasteiger partial charge in [0.15, 0.2) is 11.5 Å². The zero-order valence-electron chi connectivity index (χ0n) is 11.0. The molecule has 0 aliphatic carbocycles. The Hall–Kier alpha value is -1.40. The third-order valence-electron chi connectivity index (χ3n) is 3.14. The molecule has 110 valence electrons. The molecule has 0 unspecified atom stereocenters. The first-order chi connectivity index (χ1) is 10.1. The summed E-state index contributed by atoms with van der Waals surface area (Å²) in [7, 11) is 0. The molecule has 0 bridgehead atoms. The molecule has 2 aromatic carbocycles. The minimum absolute atomic E-state index is 0.263. The maximum atomic E-state index is 9.86. The van der Waals surface area contributed by atoms with E-state index in [1.165, 1.54) is 0 Å². The molecule has 1 aliphatic heterocycles. The van der Waals surface area contributed by atoms with Gasteiger partial charge in [0, 0.05) is 33.2 Å². The fourth-order valence-corrected chi connectivity index (χ4v) is 2.96. The van der Waals surface area contributed by atoms with Crippen molar-refractivity contribution in [1.29, 1.82) is 0 Å². The van der Waals surface area contributed by atoms with Crippen LogP contribution in [0.25, 0.3) is 0 Å². The molecule has 2 aromatic rings. The summed E-state index contributed by atoms with van der Waals surface area (Å²) in [5.41, 5.74) is 1.70. The largest absolute Gasteiger partial charge is 0.508 e. The van der Waals surface area contributed by atoms with Gasteiger partial charge in [-0.3, -0.25) is 0 Å². The normalized spacial score (nSPS) is 13.0. The van der Waals surface area contributed by atoms with Crippen LogP contribution in [0, 0.1) is 0 Å². The van der Waals surface area contributed by atoms with Crippen LogP contribution < -0.4 is 14.8 Å². The van der Waals surface area contributed by atoms with Crippen LogP contribution in [-0.4, -0.2) is 18.3 Å². The first-order valence-corrected chi connectivity index (χ1v) is 8.02. The Bertz CT molecular complexity index is 676. The van der Waals surface area contributed by atoms with Gasteiger partial charge in [-0.25, -0.2) is 0 Å². The predicted octanol–water partition coefficient (Wildman–Crippen LogP) is 4.30. The summed E-state index contributed by atoms with van der Waals surface area (Å²) < 4.78 is 12.9. The van der Waals surface area contributed by atoms with Crippen molar-refractivity contribution >= 4 is 37.5 Å². The average molecular weight is 415 g/mol. The van der Waals surface area contributed by atoms with Crippen LogP contribution in [0.3, 0.4) is 0 Å². The van der Waals surface area contributed by atoms with Gasteiger partial charge >= 0.3 is 0 Å². The molecular formula is C15H13Br2NO3. The number of hydrogen-bond donors (Lipinski definition) is 2. The van der Waals surface area contributed by atoms with Crippen LogP contribution in [0.2, 0.25) is 0 Å². The van der Waals surface area contributed by atoms with Crippen molar-refractivity contribution in [3.63, 3.8) is 0 Å². The Morgan fingerprint density at radius 1 is 1.05 bits per heavy atom. The summed E-state index contributed by atoms with van der Waals surface area (Å²) in [5, 5.41) is 13.1. The van der Waals surface area contributed by atoms with E-state index in [4.69, 9.17) is 9.47 Å². The predicted molar refractivity (Wildman–Crippen MR) is 88.3 cm³/mol. The van der Waals surface area contributed by atoms with Gasteiger partial charge in [-0.1, -0.05) is 15.9 Å². The average Bonchev–Trinajstić information content (AvgIpc) is 2.48. The second-order valence-corrected chi connectivity index (χ2v) is 6.37. The molecule has 0 aromatic heterocycles. The molecule has 3 rings (SSSR count). The highest BCUT2D eigenvalue weighted by atomic mass is 79.9. The number of benzene rings is 2. The zero-order valence-corrected chi connectivity index (χ0v) is 14.2.